The first kappa shape index (κ1) is 13.9. The minimum absolute atomic E-state index is 0.107. The molecule has 0 atom stereocenters. The zero-order valence-corrected chi connectivity index (χ0v) is 12.2. The van der Waals surface area contributed by atoms with Crippen molar-refractivity contribution in [2.24, 2.45) is 0 Å². The second-order valence-corrected chi connectivity index (χ2v) is 5.16. The Morgan fingerprint density at radius 1 is 1.14 bits per heavy atom. The Labute approximate surface area is 130 Å². The number of fused-ring (bicyclic) bond motifs is 1. The van der Waals surface area contributed by atoms with Gasteiger partial charge in [-0.3, -0.25) is 4.79 Å². The number of hydrogen-bond acceptors (Lipinski definition) is 4. The van der Waals surface area contributed by atoms with Crippen LogP contribution in [0.1, 0.15) is 10.4 Å². The number of benzene rings is 2. The predicted molar refractivity (Wildman–Crippen MR) is 81.4 cm³/mol. The Morgan fingerprint density at radius 2 is 1.76 bits per heavy atom. The number of nitrogens with two attached hydrogens (primary N) is 1. The van der Waals surface area contributed by atoms with Gasteiger partial charge in [-0.2, -0.15) is 0 Å². The molecular weight excluding hydrogens is 315 g/mol. The van der Waals surface area contributed by atoms with Crippen LogP contribution in [0.25, 0.3) is 0 Å². The van der Waals surface area contributed by atoms with Crippen LogP contribution in [0.2, 0.25) is 10.0 Å². The molecule has 0 saturated carbocycles. The molecule has 5 nitrogen and oxygen atoms in total. The summed E-state index contributed by atoms with van der Waals surface area (Å²) in [5.41, 5.74) is 6.74. The first-order chi connectivity index (χ1) is 10.1. The van der Waals surface area contributed by atoms with Crippen LogP contribution >= 0.6 is 23.2 Å². The van der Waals surface area contributed by atoms with Gasteiger partial charge in [0.1, 0.15) is 0 Å². The Hall–Kier alpha value is -2.11. The van der Waals surface area contributed by atoms with Crippen molar-refractivity contribution in [2.45, 2.75) is 0 Å². The molecule has 2 aromatic carbocycles. The Kier molecular flexibility index (Phi) is 3.53. The van der Waals surface area contributed by atoms with Gasteiger partial charge in [-0.05, 0) is 18.2 Å². The number of carbonyl (C=O) groups is 1. The average molecular weight is 325 g/mol. The Balaban J connectivity index is 1.93. The SMILES string of the molecule is Nc1cc2c(cc1C(=O)Nc1c(Cl)cccc1Cl)OCO2. The van der Waals surface area contributed by atoms with Gasteiger partial charge < -0.3 is 20.5 Å². The number of nitrogens with one attached hydrogen (secondary N) is 1. The monoisotopic (exact) mass is 324 g/mol. The van der Waals surface area contributed by atoms with Crippen molar-refractivity contribution in [2.75, 3.05) is 17.8 Å². The number of carbonyl (C=O) groups excluding carboxylic acids is 1. The number of nitrogen functional groups attached to an aromatic ring is 1. The highest BCUT2D eigenvalue weighted by molar-refractivity contribution is 6.40. The molecule has 1 heterocycles. The van der Waals surface area contributed by atoms with Crippen LogP contribution in [0.4, 0.5) is 11.4 Å². The summed E-state index contributed by atoms with van der Waals surface area (Å²) in [6, 6.07) is 8.02. The van der Waals surface area contributed by atoms with Crippen molar-refractivity contribution < 1.29 is 14.3 Å². The molecule has 0 unspecified atom stereocenters. The summed E-state index contributed by atoms with van der Waals surface area (Å²) in [5.74, 6) is 0.556. The molecule has 0 saturated heterocycles. The van der Waals surface area contributed by atoms with E-state index in [0.29, 0.717) is 27.2 Å². The minimum atomic E-state index is -0.430. The molecule has 0 aromatic heterocycles. The van der Waals surface area contributed by atoms with E-state index in [0.717, 1.165) is 0 Å². The van der Waals surface area contributed by atoms with Crippen LogP contribution in [0.5, 0.6) is 11.5 Å². The fourth-order valence-corrected chi connectivity index (χ4v) is 2.44. The van der Waals surface area contributed by atoms with Crippen LogP contribution in [0, 0.1) is 0 Å². The summed E-state index contributed by atoms with van der Waals surface area (Å²) in [7, 11) is 0. The molecule has 108 valence electrons. The molecule has 21 heavy (non-hydrogen) atoms. The molecule has 1 amide bonds. The van der Waals surface area contributed by atoms with Crippen LogP contribution in [0.3, 0.4) is 0 Å². The van der Waals surface area contributed by atoms with E-state index < -0.39 is 5.91 Å². The highest BCUT2D eigenvalue weighted by atomic mass is 35.5. The molecule has 7 heteroatoms. The minimum Gasteiger partial charge on any atom is -0.454 e. The molecule has 0 aliphatic carbocycles. The molecule has 1 aliphatic heterocycles. The maximum atomic E-state index is 12.3. The third-order valence-electron chi connectivity index (χ3n) is 2.99. The largest absolute Gasteiger partial charge is 0.454 e. The molecule has 1 aliphatic rings. The van der Waals surface area contributed by atoms with Gasteiger partial charge >= 0.3 is 0 Å². The summed E-state index contributed by atoms with van der Waals surface area (Å²) >= 11 is 12.0. The first-order valence-electron chi connectivity index (χ1n) is 6.01. The molecule has 2 aromatic rings. The standard InChI is InChI=1S/C14H10Cl2N2O3/c15-8-2-1-3-9(16)13(8)18-14(19)7-4-11-12(5-10(7)17)21-6-20-11/h1-5H,6,17H2,(H,18,19). The summed E-state index contributed by atoms with van der Waals surface area (Å²) in [6.07, 6.45) is 0. The number of anilines is 2. The molecule has 3 N–H and O–H groups in total. The lowest BCUT2D eigenvalue weighted by atomic mass is 10.1. The number of para-hydroxylation sites is 1. The fourth-order valence-electron chi connectivity index (χ4n) is 1.95. The zero-order chi connectivity index (χ0) is 15.0. The lowest BCUT2D eigenvalue weighted by molar-refractivity contribution is 0.102. The van der Waals surface area contributed by atoms with Gasteiger partial charge in [0.25, 0.3) is 5.91 Å². The number of rotatable bonds is 2. The lowest BCUT2D eigenvalue weighted by Crippen LogP contribution is -2.14. The molecule has 0 radical (unpaired) electrons. The Morgan fingerprint density at radius 3 is 2.43 bits per heavy atom. The van der Waals surface area contributed by atoms with Crippen molar-refractivity contribution in [3.8, 4) is 11.5 Å². The van der Waals surface area contributed by atoms with E-state index in [-0.39, 0.29) is 18.0 Å². The summed E-state index contributed by atoms with van der Waals surface area (Å²) in [4.78, 5) is 12.3. The van der Waals surface area contributed by atoms with Crippen molar-refractivity contribution in [1.29, 1.82) is 0 Å². The summed E-state index contributed by atoms with van der Waals surface area (Å²) in [6.45, 7) is 0.107. The second kappa shape index (κ2) is 5.35. The van der Waals surface area contributed by atoms with Crippen molar-refractivity contribution in [1.82, 2.24) is 0 Å². The van der Waals surface area contributed by atoms with E-state index in [2.05, 4.69) is 5.32 Å². The fraction of sp³-hybridized carbons (Fsp3) is 0.0714. The maximum Gasteiger partial charge on any atom is 0.257 e. The topological polar surface area (TPSA) is 73.6 Å². The van der Waals surface area contributed by atoms with E-state index in [9.17, 15) is 4.79 Å². The van der Waals surface area contributed by atoms with Gasteiger partial charge in [-0.15, -0.1) is 0 Å². The lowest BCUT2D eigenvalue weighted by Gasteiger charge is -2.11. The normalized spacial score (nSPS) is 12.3. The number of halogens is 2. The van der Waals surface area contributed by atoms with Crippen LogP contribution in [-0.4, -0.2) is 12.7 Å². The molecule has 3 rings (SSSR count). The van der Waals surface area contributed by atoms with Gasteiger partial charge in [0.05, 0.1) is 21.3 Å². The van der Waals surface area contributed by atoms with Gasteiger partial charge in [0.2, 0.25) is 6.79 Å². The van der Waals surface area contributed by atoms with Gasteiger partial charge in [-0.1, -0.05) is 29.3 Å². The van der Waals surface area contributed by atoms with Crippen molar-refractivity contribution >= 4 is 40.5 Å². The van der Waals surface area contributed by atoms with E-state index in [1.54, 1.807) is 24.3 Å². The van der Waals surface area contributed by atoms with Gasteiger partial charge in [0, 0.05) is 11.8 Å². The van der Waals surface area contributed by atoms with Crippen LogP contribution in [-0.2, 0) is 0 Å². The Bertz CT molecular complexity index is 714. The average Bonchev–Trinajstić information content (AvgIpc) is 2.89. The third kappa shape index (κ3) is 2.57. The summed E-state index contributed by atoms with van der Waals surface area (Å²) in [5, 5.41) is 3.33. The van der Waals surface area contributed by atoms with E-state index in [4.69, 9.17) is 38.4 Å². The zero-order valence-electron chi connectivity index (χ0n) is 10.7. The highest BCUT2D eigenvalue weighted by Crippen LogP contribution is 2.37. The number of amides is 1. The van der Waals surface area contributed by atoms with E-state index in [1.807, 2.05) is 0 Å². The van der Waals surface area contributed by atoms with Crippen LogP contribution < -0.4 is 20.5 Å². The van der Waals surface area contributed by atoms with Crippen molar-refractivity contribution in [3.63, 3.8) is 0 Å². The van der Waals surface area contributed by atoms with Gasteiger partial charge in [-0.25, -0.2) is 0 Å². The van der Waals surface area contributed by atoms with E-state index in [1.165, 1.54) is 6.07 Å². The number of hydrogen-bond donors (Lipinski definition) is 2. The molecule has 0 fully saturated rings. The highest BCUT2D eigenvalue weighted by Gasteiger charge is 2.20. The number of ether oxygens (including phenoxy) is 2. The second-order valence-electron chi connectivity index (χ2n) is 4.34. The molecule has 0 bridgehead atoms. The van der Waals surface area contributed by atoms with Crippen LogP contribution in [0.15, 0.2) is 30.3 Å². The smallest absolute Gasteiger partial charge is 0.257 e. The molecule has 0 spiro atoms. The van der Waals surface area contributed by atoms with Crippen molar-refractivity contribution in [3.05, 3.63) is 45.9 Å². The quantitative estimate of drug-likeness (QED) is 0.828. The molecular formula is C14H10Cl2N2O3. The predicted octanol–water partition coefficient (Wildman–Crippen LogP) is 3.56. The third-order valence-corrected chi connectivity index (χ3v) is 3.62. The first-order valence-corrected chi connectivity index (χ1v) is 6.76. The maximum absolute atomic E-state index is 12.3. The summed E-state index contributed by atoms with van der Waals surface area (Å²) < 4.78 is 10.4. The van der Waals surface area contributed by atoms with Gasteiger partial charge in [0.15, 0.2) is 11.5 Å². The van der Waals surface area contributed by atoms with E-state index >= 15 is 0 Å².